The molecule has 1 aliphatic heterocycles. The molecule has 2 atom stereocenters. The van der Waals surface area contributed by atoms with Gasteiger partial charge < -0.3 is 21.1 Å². The van der Waals surface area contributed by atoms with E-state index in [4.69, 9.17) is 5.73 Å². The van der Waals surface area contributed by atoms with E-state index < -0.39 is 6.10 Å². The van der Waals surface area contributed by atoms with Gasteiger partial charge in [-0.05, 0) is 48.6 Å². The molecule has 2 unspecified atom stereocenters. The summed E-state index contributed by atoms with van der Waals surface area (Å²) in [4.78, 5) is 19.1. The quantitative estimate of drug-likeness (QED) is 0.664. The van der Waals surface area contributed by atoms with E-state index in [1.165, 1.54) is 19.3 Å². The maximum atomic E-state index is 12.6. The van der Waals surface area contributed by atoms with Crippen LogP contribution in [-0.2, 0) is 11.3 Å². The average molecular weight is 421 g/mol. The van der Waals surface area contributed by atoms with Crippen molar-refractivity contribution in [3.8, 4) is 0 Å². The lowest BCUT2D eigenvalue weighted by Crippen LogP contribution is -2.47. The number of nitrogens with zero attached hydrogens (tertiary/aromatic N) is 2. The van der Waals surface area contributed by atoms with Crippen LogP contribution in [0, 0.1) is 0 Å². The largest absolute Gasteiger partial charge is 0.384 e. The van der Waals surface area contributed by atoms with Crippen molar-refractivity contribution in [1.29, 1.82) is 0 Å². The minimum Gasteiger partial charge on any atom is -0.384 e. The van der Waals surface area contributed by atoms with Gasteiger partial charge in [0.25, 0.3) is 0 Å². The Bertz CT molecular complexity index is 938. The highest BCUT2D eigenvalue weighted by Crippen LogP contribution is 2.31. The Hall–Kier alpha value is -2.86. The van der Waals surface area contributed by atoms with Crippen molar-refractivity contribution in [2.24, 2.45) is 10.7 Å². The molecule has 1 saturated carbocycles. The fourth-order valence-corrected chi connectivity index (χ4v) is 4.58. The highest BCUT2D eigenvalue weighted by molar-refractivity contribution is 5.85. The minimum atomic E-state index is -0.693. The number of carbonyl (C=O) groups is 1. The topological polar surface area (TPSA) is 91.0 Å². The SMILES string of the molecule is CC(CC(=O)NC1CCCCC1)N1Cc2cc(C(O)c3ccccc3)ccc2N=C1N. The maximum absolute atomic E-state index is 12.6. The van der Waals surface area contributed by atoms with E-state index >= 15 is 0 Å². The predicted molar refractivity (Wildman–Crippen MR) is 123 cm³/mol. The van der Waals surface area contributed by atoms with Crippen molar-refractivity contribution in [2.75, 3.05) is 0 Å². The minimum absolute atomic E-state index is 0.0665. The number of carbonyl (C=O) groups excluding carboxylic acids is 1. The van der Waals surface area contributed by atoms with Crippen molar-refractivity contribution in [2.45, 2.75) is 70.2 Å². The second kappa shape index (κ2) is 9.52. The van der Waals surface area contributed by atoms with E-state index in [2.05, 4.69) is 10.3 Å². The molecule has 6 nitrogen and oxygen atoms in total. The molecule has 4 rings (SSSR count). The molecule has 0 spiro atoms. The normalized spacial score (nSPS) is 18.6. The van der Waals surface area contributed by atoms with Crippen LogP contribution in [0.4, 0.5) is 5.69 Å². The maximum Gasteiger partial charge on any atom is 0.222 e. The van der Waals surface area contributed by atoms with Crippen LogP contribution in [-0.4, -0.2) is 34.0 Å². The molecule has 4 N–H and O–H groups in total. The zero-order chi connectivity index (χ0) is 21.8. The summed E-state index contributed by atoms with van der Waals surface area (Å²) < 4.78 is 0. The molecule has 1 aliphatic carbocycles. The molecule has 1 heterocycles. The monoisotopic (exact) mass is 420 g/mol. The van der Waals surface area contributed by atoms with Gasteiger partial charge in [-0.15, -0.1) is 0 Å². The van der Waals surface area contributed by atoms with Crippen molar-refractivity contribution < 1.29 is 9.90 Å². The van der Waals surface area contributed by atoms with E-state index in [1.54, 1.807) is 0 Å². The number of nitrogens with two attached hydrogens (primary N) is 1. The van der Waals surface area contributed by atoms with Crippen LogP contribution >= 0.6 is 0 Å². The van der Waals surface area contributed by atoms with Gasteiger partial charge >= 0.3 is 0 Å². The fourth-order valence-electron chi connectivity index (χ4n) is 4.58. The van der Waals surface area contributed by atoms with Crippen LogP contribution in [0.15, 0.2) is 53.5 Å². The first-order chi connectivity index (χ1) is 15.0. The number of amides is 1. The molecule has 0 saturated heterocycles. The lowest BCUT2D eigenvalue weighted by molar-refractivity contribution is -0.122. The number of guanidine groups is 1. The number of benzene rings is 2. The van der Waals surface area contributed by atoms with Crippen LogP contribution < -0.4 is 11.1 Å². The Morgan fingerprint density at radius 2 is 1.90 bits per heavy atom. The Labute approximate surface area is 184 Å². The molecule has 2 aliphatic rings. The molecule has 1 amide bonds. The molecule has 0 aromatic heterocycles. The number of hydrogen-bond donors (Lipinski definition) is 3. The van der Waals surface area contributed by atoms with Crippen molar-refractivity contribution in [1.82, 2.24) is 10.2 Å². The van der Waals surface area contributed by atoms with E-state index in [0.717, 1.165) is 35.2 Å². The van der Waals surface area contributed by atoms with Crippen LogP contribution in [0.3, 0.4) is 0 Å². The van der Waals surface area contributed by atoms with Crippen LogP contribution in [0.25, 0.3) is 0 Å². The van der Waals surface area contributed by atoms with Crippen molar-refractivity contribution >= 4 is 17.6 Å². The van der Waals surface area contributed by atoms with Gasteiger partial charge in [-0.1, -0.05) is 55.7 Å². The van der Waals surface area contributed by atoms with Gasteiger partial charge in [0.15, 0.2) is 5.96 Å². The van der Waals surface area contributed by atoms with Crippen LogP contribution in [0.2, 0.25) is 0 Å². The predicted octanol–water partition coefficient (Wildman–Crippen LogP) is 3.76. The second-order valence-corrected chi connectivity index (χ2v) is 8.75. The van der Waals surface area contributed by atoms with Gasteiger partial charge in [0.1, 0.15) is 6.10 Å². The summed E-state index contributed by atoms with van der Waals surface area (Å²) in [6, 6.07) is 15.6. The number of hydrogen-bond acceptors (Lipinski definition) is 5. The molecule has 0 radical (unpaired) electrons. The average Bonchev–Trinajstić information content (AvgIpc) is 2.79. The molecule has 31 heavy (non-hydrogen) atoms. The third-order valence-electron chi connectivity index (χ3n) is 6.39. The number of rotatable bonds is 6. The lowest BCUT2D eigenvalue weighted by atomic mass is 9.95. The molecule has 2 aromatic carbocycles. The third kappa shape index (κ3) is 5.07. The molecular formula is C25H32N4O2. The zero-order valence-electron chi connectivity index (χ0n) is 18.1. The number of aliphatic hydroxyl groups excluding tert-OH is 1. The Kier molecular flexibility index (Phi) is 6.56. The highest BCUT2D eigenvalue weighted by Gasteiger charge is 2.26. The molecule has 6 heteroatoms. The summed E-state index contributed by atoms with van der Waals surface area (Å²) in [7, 11) is 0. The third-order valence-corrected chi connectivity index (χ3v) is 6.39. The first-order valence-corrected chi connectivity index (χ1v) is 11.3. The van der Waals surface area contributed by atoms with E-state index in [0.29, 0.717) is 25.0 Å². The number of fused-ring (bicyclic) bond motifs is 1. The molecule has 164 valence electrons. The first-order valence-electron chi connectivity index (χ1n) is 11.3. The second-order valence-electron chi connectivity index (χ2n) is 8.75. The Morgan fingerprint density at radius 3 is 2.65 bits per heavy atom. The molecule has 1 fully saturated rings. The summed E-state index contributed by atoms with van der Waals surface area (Å²) >= 11 is 0. The fraction of sp³-hybridized carbons (Fsp3) is 0.440. The zero-order valence-corrected chi connectivity index (χ0v) is 18.1. The van der Waals surface area contributed by atoms with E-state index in [1.807, 2.05) is 60.4 Å². The summed E-state index contributed by atoms with van der Waals surface area (Å²) in [5, 5.41) is 14.0. The number of nitrogens with one attached hydrogen (secondary N) is 1. The van der Waals surface area contributed by atoms with Crippen LogP contribution in [0.5, 0.6) is 0 Å². The Balaban J connectivity index is 1.44. The summed E-state index contributed by atoms with van der Waals surface area (Å²) in [6.45, 7) is 2.58. The molecule has 0 bridgehead atoms. The standard InChI is InChI=1S/C25H32N4O2/c1-17(14-23(30)27-21-10-6-3-7-11-21)29-16-20-15-19(12-13-22(20)28-25(29)26)24(31)18-8-4-2-5-9-18/h2,4-5,8-9,12-13,15,17,21,24,31H,3,6-7,10-11,14,16H2,1H3,(H2,26,28)(H,27,30). The summed E-state index contributed by atoms with van der Waals surface area (Å²) in [6.07, 6.45) is 5.50. The van der Waals surface area contributed by atoms with E-state index in [-0.39, 0.29) is 11.9 Å². The number of aliphatic imine (C=N–C) groups is 1. The lowest BCUT2D eigenvalue weighted by Gasteiger charge is -2.34. The first kappa shape index (κ1) is 21.4. The molecule has 2 aromatic rings. The van der Waals surface area contributed by atoms with Gasteiger partial charge in [-0.2, -0.15) is 0 Å². The van der Waals surface area contributed by atoms with Gasteiger partial charge in [0.05, 0.1) is 5.69 Å². The van der Waals surface area contributed by atoms with Gasteiger partial charge in [0.2, 0.25) is 5.91 Å². The molecular weight excluding hydrogens is 388 g/mol. The smallest absolute Gasteiger partial charge is 0.222 e. The van der Waals surface area contributed by atoms with Crippen LogP contribution in [0.1, 0.15) is 68.2 Å². The van der Waals surface area contributed by atoms with Crippen molar-refractivity contribution in [3.63, 3.8) is 0 Å². The van der Waals surface area contributed by atoms with Gasteiger partial charge in [0, 0.05) is 25.0 Å². The highest BCUT2D eigenvalue weighted by atomic mass is 16.3. The number of aliphatic hydroxyl groups is 1. The Morgan fingerprint density at radius 1 is 1.16 bits per heavy atom. The van der Waals surface area contributed by atoms with Gasteiger partial charge in [-0.25, -0.2) is 4.99 Å². The van der Waals surface area contributed by atoms with E-state index in [9.17, 15) is 9.90 Å². The summed E-state index contributed by atoms with van der Waals surface area (Å²) in [5.74, 6) is 0.507. The van der Waals surface area contributed by atoms with Gasteiger partial charge in [-0.3, -0.25) is 4.79 Å². The van der Waals surface area contributed by atoms with Crippen molar-refractivity contribution in [3.05, 3.63) is 65.2 Å². The summed E-state index contributed by atoms with van der Waals surface area (Å²) in [5.41, 5.74) is 9.73.